The molecule has 0 heterocycles. The van der Waals surface area contributed by atoms with Gasteiger partial charge in [0.15, 0.2) is 0 Å². The van der Waals surface area contributed by atoms with Crippen LogP contribution in [0, 0.1) is 0 Å². The summed E-state index contributed by atoms with van der Waals surface area (Å²) in [5, 5.41) is 23.2. The highest BCUT2D eigenvalue weighted by Gasteiger charge is 2.20. The maximum atomic E-state index is 12.5. The number of nitrogens with one attached hydrogen (secondary N) is 1. The number of esters is 1. The second-order valence-corrected chi connectivity index (χ2v) is 23.5. The van der Waals surface area contributed by atoms with Crippen molar-refractivity contribution in [3.8, 4) is 0 Å². The molecule has 0 aromatic heterocycles. The number of hydrogen-bond donors (Lipinski definition) is 3. The van der Waals surface area contributed by atoms with Gasteiger partial charge in [-0.05, 0) is 25.7 Å². The summed E-state index contributed by atoms with van der Waals surface area (Å²) in [4.78, 5) is 24.5. The number of amides is 1. The molecule has 0 fully saturated rings. The molecule has 0 aromatic carbocycles. The van der Waals surface area contributed by atoms with E-state index < -0.39 is 12.1 Å². The van der Waals surface area contributed by atoms with Gasteiger partial charge in [0.25, 0.3) is 0 Å². The Morgan fingerprint density at radius 2 is 0.562 bits per heavy atom. The summed E-state index contributed by atoms with van der Waals surface area (Å²) in [5.41, 5.74) is 0. The van der Waals surface area contributed by atoms with Crippen LogP contribution in [0.25, 0.3) is 0 Å². The Hall–Kier alpha value is -1.14. The predicted octanol–water partition coefficient (Wildman–Crippen LogP) is 21.4. The van der Waals surface area contributed by atoms with Gasteiger partial charge in [0.1, 0.15) is 0 Å². The van der Waals surface area contributed by atoms with Crippen LogP contribution in [0.5, 0.6) is 0 Å². The molecule has 0 aliphatic heterocycles. The lowest BCUT2D eigenvalue weighted by Gasteiger charge is -2.22. The summed E-state index contributed by atoms with van der Waals surface area (Å²) in [6, 6.07) is -0.535. The van der Waals surface area contributed by atoms with Gasteiger partial charge in [-0.15, -0.1) is 0 Å². The van der Waals surface area contributed by atoms with E-state index in [1.54, 1.807) is 0 Å². The molecule has 2 atom stereocenters. The SMILES string of the molecule is CCCCCCCCCCCCCCC(O)C(CO)NC(=O)CCCCCCCCCCCCCCCCCCCCCCCCCCCCCCCCCCCOC(=O)CCCCCCCCCCCCC. The molecule has 0 radical (unpaired) electrons. The van der Waals surface area contributed by atoms with Gasteiger partial charge in [0, 0.05) is 12.8 Å². The molecule has 2 unspecified atom stereocenters. The van der Waals surface area contributed by atoms with Crippen LogP contribution in [0.2, 0.25) is 0 Å². The minimum absolute atomic E-state index is 0.0222. The quantitative estimate of drug-likeness (QED) is 0.0417. The van der Waals surface area contributed by atoms with Crippen LogP contribution < -0.4 is 5.32 Å². The summed E-state index contributed by atoms with van der Waals surface area (Å²) >= 11 is 0. The highest BCUT2D eigenvalue weighted by Crippen LogP contribution is 2.19. The molecular formula is C67H133NO5. The number of rotatable bonds is 64. The van der Waals surface area contributed by atoms with Gasteiger partial charge < -0.3 is 20.3 Å². The number of unbranched alkanes of at least 4 members (excludes halogenated alkanes) is 53. The molecule has 73 heavy (non-hydrogen) atoms. The van der Waals surface area contributed by atoms with Crippen molar-refractivity contribution in [3.63, 3.8) is 0 Å². The van der Waals surface area contributed by atoms with E-state index in [0.29, 0.717) is 25.9 Å². The molecule has 6 heteroatoms. The van der Waals surface area contributed by atoms with Gasteiger partial charge in [-0.1, -0.05) is 354 Å². The molecule has 436 valence electrons. The molecule has 0 saturated carbocycles. The minimum atomic E-state index is -0.658. The zero-order valence-corrected chi connectivity index (χ0v) is 49.9. The van der Waals surface area contributed by atoms with E-state index in [9.17, 15) is 19.8 Å². The van der Waals surface area contributed by atoms with Crippen molar-refractivity contribution in [3.05, 3.63) is 0 Å². The molecule has 0 aromatic rings. The highest BCUT2D eigenvalue weighted by atomic mass is 16.5. The molecule has 6 nitrogen and oxygen atoms in total. The molecule has 0 saturated heterocycles. The van der Waals surface area contributed by atoms with E-state index in [0.717, 1.165) is 38.5 Å². The van der Waals surface area contributed by atoms with Crippen molar-refractivity contribution in [2.75, 3.05) is 13.2 Å². The number of carbonyl (C=O) groups is 2. The van der Waals surface area contributed by atoms with Crippen molar-refractivity contribution in [1.82, 2.24) is 5.32 Å². The highest BCUT2D eigenvalue weighted by molar-refractivity contribution is 5.76. The Morgan fingerprint density at radius 3 is 0.836 bits per heavy atom. The van der Waals surface area contributed by atoms with Gasteiger partial charge in [0.2, 0.25) is 5.91 Å². The van der Waals surface area contributed by atoms with E-state index in [1.165, 1.54) is 321 Å². The average Bonchev–Trinajstić information content (AvgIpc) is 3.39. The first-order chi connectivity index (χ1) is 36.0. The Bertz CT molecular complexity index is 1050. The molecular weight excluding hydrogens is 899 g/mol. The Morgan fingerprint density at radius 1 is 0.329 bits per heavy atom. The lowest BCUT2D eigenvalue weighted by atomic mass is 10.0. The standard InChI is InChI=1S/C67H133NO5/c1-3-5-7-9-11-13-15-40-43-47-51-55-59-65(70)64(63-69)68-66(71)60-56-52-48-44-41-37-35-33-31-29-27-25-23-21-19-17-16-18-20-22-24-26-28-30-32-34-36-38-42-46-50-54-58-62-73-67(72)61-57-53-49-45-39-14-12-10-8-6-4-2/h64-65,69-70H,3-63H2,1-2H3,(H,68,71). The lowest BCUT2D eigenvalue weighted by molar-refractivity contribution is -0.143. The topological polar surface area (TPSA) is 95.9 Å². The van der Waals surface area contributed by atoms with Crippen molar-refractivity contribution in [2.24, 2.45) is 0 Å². The van der Waals surface area contributed by atoms with Crippen LogP contribution in [0.1, 0.15) is 393 Å². The van der Waals surface area contributed by atoms with Crippen molar-refractivity contribution >= 4 is 11.9 Å². The first-order valence-corrected chi connectivity index (χ1v) is 33.8. The van der Waals surface area contributed by atoms with Gasteiger partial charge in [0.05, 0.1) is 25.4 Å². The Labute approximate surface area is 457 Å². The first kappa shape index (κ1) is 71.9. The zero-order chi connectivity index (χ0) is 52.9. The summed E-state index contributed by atoms with van der Waals surface area (Å²) in [7, 11) is 0. The average molecular weight is 1030 g/mol. The molecule has 0 aliphatic rings. The van der Waals surface area contributed by atoms with Gasteiger partial charge in [-0.2, -0.15) is 0 Å². The molecule has 3 N–H and O–H groups in total. The Kier molecular flexibility index (Phi) is 62.4. The fourth-order valence-corrected chi connectivity index (χ4v) is 11.0. The normalized spacial score (nSPS) is 12.4. The van der Waals surface area contributed by atoms with Crippen molar-refractivity contribution < 1.29 is 24.5 Å². The van der Waals surface area contributed by atoms with Crippen LogP contribution in [-0.4, -0.2) is 47.4 Å². The van der Waals surface area contributed by atoms with Crippen LogP contribution in [-0.2, 0) is 14.3 Å². The van der Waals surface area contributed by atoms with Crippen LogP contribution in [0.15, 0.2) is 0 Å². The maximum Gasteiger partial charge on any atom is 0.305 e. The van der Waals surface area contributed by atoms with E-state index in [1.807, 2.05) is 0 Å². The molecule has 0 spiro atoms. The fourth-order valence-electron chi connectivity index (χ4n) is 11.0. The second-order valence-electron chi connectivity index (χ2n) is 23.5. The molecule has 0 aliphatic carbocycles. The van der Waals surface area contributed by atoms with Gasteiger partial charge >= 0.3 is 5.97 Å². The maximum absolute atomic E-state index is 12.5. The van der Waals surface area contributed by atoms with E-state index in [4.69, 9.17) is 4.74 Å². The van der Waals surface area contributed by atoms with E-state index >= 15 is 0 Å². The number of carbonyl (C=O) groups excluding carboxylic acids is 2. The van der Waals surface area contributed by atoms with Crippen molar-refractivity contribution in [1.29, 1.82) is 0 Å². The number of aliphatic hydroxyl groups is 2. The molecule has 0 rings (SSSR count). The first-order valence-electron chi connectivity index (χ1n) is 33.8. The third kappa shape index (κ3) is 60.0. The van der Waals surface area contributed by atoms with E-state index in [2.05, 4.69) is 19.2 Å². The monoisotopic (exact) mass is 1030 g/mol. The van der Waals surface area contributed by atoms with Crippen molar-refractivity contribution in [2.45, 2.75) is 405 Å². The lowest BCUT2D eigenvalue weighted by Crippen LogP contribution is -2.45. The van der Waals surface area contributed by atoms with Crippen LogP contribution in [0.4, 0.5) is 0 Å². The zero-order valence-electron chi connectivity index (χ0n) is 49.9. The van der Waals surface area contributed by atoms with Gasteiger partial charge in [-0.3, -0.25) is 9.59 Å². The predicted molar refractivity (Wildman–Crippen MR) is 320 cm³/mol. The molecule has 0 bridgehead atoms. The third-order valence-corrected chi connectivity index (χ3v) is 16.2. The summed E-state index contributed by atoms with van der Waals surface area (Å²) in [6.07, 6.45) is 75.9. The molecule has 1 amide bonds. The largest absolute Gasteiger partial charge is 0.466 e. The van der Waals surface area contributed by atoms with Crippen LogP contribution in [0.3, 0.4) is 0 Å². The minimum Gasteiger partial charge on any atom is -0.466 e. The number of hydrogen-bond acceptors (Lipinski definition) is 5. The smallest absolute Gasteiger partial charge is 0.305 e. The third-order valence-electron chi connectivity index (χ3n) is 16.2. The summed E-state index contributed by atoms with van der Waals surface area (Å²) in [6.45, 7) is 4.98. The summed E-state index contributed by atoms with van der Waals surface area (Å²) in [5.74, 6) is -0.00585. The summed E-state index contributed by atoms with van der Waals surface area (Å²) < 4.78 is 5.48. The number of aliphatic hydroxyl groups excluding tert-OH is 2. The number of ether oxygens (including phenoxy) is 1. The van der Waals surface area contributed by atoms with E-state index in [-0.39, 0.29) is 18.5 Å². The van der Waals surface area contributed by atoms with Gasteiger partial charge in [-0.25, -0.2) is 0 Å². The second kappa shape index (κ2) is 63.4. The Balaban J connectivity index is 3.29. The van der Waals surface area contributed by atoms with Crippen LogP contribution >= 0.6 is 0 Å². The fraction of sp³-hybridized carbons (Fsp3) is 0.970.